The molecule has 2 aromatic rings. The molecule has 0 amide bonds. The van der Waals surface area contributed by atoms with Crippen molar-refractivity contribution in [3.63, 3.8) is 0 Å². The van der Waals surface area contributed by atoms with E-state index >= 15 is 0 Å². The summed E-state index contributed by atoms with van der Waals surface area (Å²) in [5.74, 6) is 6.76. The molecule has 0 radical (unpaired) electrons. The molecular formula is C12H15BrN6. The number of anilines is 2. The van der Waals surface area contributed by atoms with Gasteiger partial charge in [0.2, 0.25) is 0 Å². The number of pyridine rings is 1. The molecule has 0 bridgehead atoms. The third kappa shape index (κ3) is 3.39. The van der Waals surface area contributed by atoms with Crippen molar-refractivity contribution in [2.75, 3.05) is 23.9 Å². The fourth-order valence-electron chi connectivity index (χ4n) is 1.68. The summed E-state index contributed by atoms with van der Waals surface area (Å²) < 4.78 is 0.759. The van der Waals surface area contributed by atoms with E-state index in [4.69, 9.17) is 5.84 Å². The normalized spacial score (nSPS) is 10.3. The first-order valence-corrected chi connectivity index (χ1v) is 6.59. The summed E-state index contributed by atoms with van der Waals surface area (Å²) in [7, 11) is 1.98. The summed E-state index contributed by atoms with van der Waals surface area (Å²) in [5, 5.41) is 0. The van der Waals surface area contributed by atoms with Gasteiger partial charge in [-0.2, -0.15) is 0 Å². The van der Waals surface area contributed by atoms with Crippen LogP contribution in [-0.4, -0.2) is 28.5 Å². The van der Waals surface area contributed by atoms with E-state index in [1.54, 1.807) is 12.4 Å². The molecule has 0 aliphatic heterocycles. The predicted octanol–water partition coefficient (Wildman–Crippen LogP) is 1.60. The highest BCUT2D eigenvalue weighted by Crippen LogP contribution is 2.28. The first kappa shape index (κ1) is 13.7. The van der Waals surface area contributed by atoms with Crippen LogP contribution in [0.4, 0.5) is 11.6 Å². The van der Waals surface area contributed by atoms with Crippen molar-refractivity contribution in [3.05, 3.63) is 40.9 Å². The van der Waals surface area contributed by atoms with Crippen LogP contribution < -0.4 is 16.2 Å². The van der Waals surface area contributed by atoms with E-state index in [0.29, 0.717) is 5.82 Å². The molecule has 0 aliphatic rings. The summed E-state index contributed by atoms with van der Waals surface area (Å²) in [6.45, 7) is 0.837. The average molecular weight is 323 g/mol. The lowest BCUT2D eigenvalue weighted by Gasteiger charge is -2.20. The van der Waals surface area contributed by atoms with E-state index < -0.39 is 0 Å². The van der Waals surface area contributed by atoms with Gasteiger partial charge < -0.3 is 10.3 Å². The standard InChI is InChI=1S/C12H15BrN6/c1-19(7-4-9-2-5-15-6-3-9)12-10(13)11(18-14)16-8-17-12/h2-3,5-6,8H,4,7,14H2,1H3,(H,16,17,18). The number of nitrogens with two attached hydrogens (primary N) is 1. The van der Waals surface area contributed by atoms with E-state index in [1.165, 1.54) is 11.9 Å². The van der Waals surface area contributed by atoms with Crippen LogP contribution >= 0.6 is 15.9 Å². The van der Waals surface area contributed by atoms with Gasteiger partial charge in [-0.05, 0) is 40.0 Å². The zero-order valence-electron chi connectivity index (χ0n) is 10.5. The van der Waals surface area contributed by atoms with E-state index in [-0.39, 0.29) is 0 Å². The van der Waals surface area contributed by atoms with Crippen molar-refractivity contribution in [2.45, 2.75) is 6.42 Å². The first-order valence-electron chi connectivity index (χ1n) is 5.79. The second-order valence-corrected chi connectivity index (χ2v) is 4.82. The molecule has 19 heavy (non-hydrogen) atoms. The molecule has 0 saturated heterocycles. The second-order valence-electron chi connectivity index (χ2n) is 4.03. The van der Waals surface area contributed by atoms with Crippen LogP contribution in [-0.2, 0) is 6.42 Å². The Kier molecular flexibility index (Phi) is 4.64. The fraction of sp³-hybridized carbons (Fsp3) is 0.250. The molecule has 2 rings (SSSR count). The highest BCUT2D eigenvalue weighted by Gasteiger charge is 2.11. The monoisotopic (exact) mass is 322 g/mol. The Morgan fingerprint density at radius 1 is 1.32 bits per heavy atom. The van der Waals surface area contributed by atoms with E-state index in [0.717, 1.165) is 23.3 Å². The number of nitrogens with zero attached hydrogens (tertiary/aromatic N) is 4. The highest BCUT2D eigenvalue weighted by atomic mass is 79.9. The van der Waals surface area contributed by atoms with Gasteiger partial charge in [-0.1, -0.05) is 0 Å². The lowest BCUT2D eigenvalue weighted by molar-refractivity contribution is 0.851. The Morgan fingerprint density at radius 2 is 2.05 bits per heavy atom. The molecule has 2 aromatic heterocycles. The number of hydrogen-bond donors (Lipinski definition) is 2. The molecule has 0 unspecified atom stereocenters. The lowest BCUT2D eigenvalue weighted by atomic mass is 10.2. The van der Waals surface area contributed by atoms with Crippen LogP contribution in [0.5, 0.6) is 0 Å². The minimum Gasteiger partial charge on any atom is -0.358 e. The third-order valence-electron chi connectivity index (χ3n) is 2.75. The van der Waals surface area contributed by atoms with Crippen LogP contribution in [0, 0.1) is 0 Å². The lowest BCUT2D eigenvalue weighted by Crippen LogP contribution is -2.23. The van der Waals surface area contributed by atoms with Crippen LogP contribution in [0.2, 0.25) is 0 Å². The molecule has 6 nitrogen and oxygen atoms in total. The molecule has 0 spiro atoms. The zero-order valence-corrected chi connectivity index (χ0v) is 12.1. The van der Waals surface area contributed by atoms with Gasteiger partial charge in [0.15, 0.2) is 5.82 Å². The number of aromatic nitrogens is 3. The van der Waals surface area contributed by atoms with Crippen molar-refractivity contribution < 1.29 is 0 Å². The first-order chi connectivity index (χ1) is 9.22. The number of likely N-dealkylation sites (N-methyl/N-ethyl adjacent to an activating group) is 1. The summed E-state index contributed by atoms with van der Waals surface area (Å²) in [6, 6.07) is 4.02. The molecule has 7 heteroatoms. The zero-order chi connectivity index (χ0) is 13.7. The number of hydrogen-bond acceptors (Lipinski definition) is 6. The SMILES string of the molecule is CN(CCc1ccncc1)c1ncnc(NN)c1Br. The smallest absolute Gasteiger partial charge is 0.159 e. The van der Waals surface area contributed by atoms with Gasteiger partial charge in [-0.3, -0.25) is 4.98 Å². The summed E-state index contributed by atoms with van der Waals surface area (Å²) in [4.78, 5) is 14.3. The quantitative estimate of drug-likeness (QED) is 0.643. The summed E-state index contributed by atoms with van der Waals surface area (Å²) in [5.41, 5.74) is 3.77. The van der Waals surface area contributed by atoms with Crippen molar-refractivity contribution in [1.29, 1.82) is 0 Å². The Balaban J connectivity index is 2.06. The summed E-state index contributed by atoms with van der Waals surface area (Å²) in [6.07, 6.45) is 6.00. The number of nitrogens with one attached hydrogen (secondary N) is 1. The van der Waals surface area contributed by atoms with Gasteiger partial charge in [0.25, 0.3) is 0 Å². The highest BCUT2D eigenvalue weighted by molar-refractivity contribution is 9.10. The van der Waals surface area contributed by atoms with Gasteiger partial charge in [0.1, 0.15) is 16.6 Å². The van der Waals surface area contributed by atoms with Crippen LogP contribution in [0.1, 0.15) is 5.56 Å². The molecular weight excluding hydrogens is 308 g/mol. The molecule has 0 aliphatic carbocycles. The predicted molar refractivity (Wildman–Crippen MR) is 78.8 cm³/mol. The Morgan fingerprint density at radius 3 is 2.74 bits per heavy atom. The minimum absolute atomic E-state index is 0.570. The number of nitrogen functional groups attached to an aromatic ring is 1. The van der Waals surface area contributed by atoms with Crippen LogP contribution in [0.3, 0.4) is 0 Å². The van der Waals surface area contributed by atoms with E-state index in [1.807, 2.05) is 24.1 Å². The van der Waals surface area contributed by atoms with Gasteiger partial charge in [0, 0.05) is 26.0 Å². The minimum atomic E-state index is 0.570. The maximum atomic E-state index is 5.39. The van der Waals surface area contributed by atoms with Crippen LogP contribution in [0.25, 0.3) is 0 Å². The maximum absolute atomic E-state index is 5.39. The fourth-order valence-corrected chi connectivity index (χ4v) is 2.30. The topological polar surface area (TPSA) is 80.0 Å². The average Bonchev–Trinajstić information content (AvgIpc) is 2.46. The van der Waals surface area contributed by atoms with Crippen molar-refractivity contribution >= 4 is 27.6 Å². The van der Waals surface area contributed by atoms with Gasteiger partial charge >= 0.3 is 0 Å². The van der Waals surface area contributed by atoms with Crippen LogP contribution in [0.15, 0.2) is 35.3 Å². The summed E-state index contributed by atoms with van der Waals surface area (Å²) >= 11 is 3.45. The number of halogens is 1. The van der Waals surface area contributed by atoms with Gasteiger partial charge in [0.05, 0.1) is 0 Å². The second kappa shape index (κ2) is 6.44. The molecule has 100 valence electrons. The van der Waals surface area contributed by atoms with E-state index in [9.17, 15) is 0 Å². The third-order valence-corrected chi connectivity index (χ3v) is 3.48. The number of rotatable bonds is 5. The Bertz CT molecular complexity index is 533. The van der Waals surface area contributed by atoms with Crippen molar-refractivity contribution in [3.8, 4) is 0 Å². The molecule has 0 aromatic carbocycles. The van der Waals surface area contributed by atoms with Crippen molar-refractivity contribution in [2.24, 2.45) is 5.84 Å². The van der Waals surface area contributed by atoms with E-state index in [2.05, 4.69) is 36.3 Å². The Hall–Kier alpha value is -1.73. The maximum Gasteiger partial charge on any atom is 0.159 e. The molecule has 0 fully saturated rings. The van der Waals surface area contributed by atoms with Gasteiger partial charge in [-0.15, -0.1) is 0 Å². The number of hydrazine groups is 1. The Labute approximate surface area is 120 Å². The van der Waals surface area contributed by atoms with Crippen molar-refractivity contribution in [1.82, 2.24) is 15.0 Å². The molecule has 0 saturated carbocycles. The molecule has 3 N–H and O–H groups in total. The van der Waals surface area contributed by atoms with Gasteiger partial charge in [-0.25, -0.2) is 15.8 Å². The largest absolute Gasteiger partial charge is 0.358 e. The molecule has 0 atom stereocenters. The molecule has 2 heterocycles.